The molecule has 0 heterocycles. The summed E-state index contributed by atoms with van der Waals surface area (Å²) in [7, 11) is 2.88. The van der Waals surface area contributed by atoms with Crippen molar-refractivity contribution < 1.29 is 28.9 Å². The molecule has 0 bridgehead atoms. The standard InChI is InChI=1S/C15H21NO6/c1-20-11-5-7-12(8-6-11)22-9-3-4-14(17)16-10-13(21-2)15(18)19/h5-8,13H,3-4,9-10H2,1-2H3,(H,16,17)(H,18,19). The molecule has 0 fully saturated rings. The number of methoxy groups -OCH3 is 2. The molecule has 1 atom stereocenters. The third-order valence-electron chi connectivity index (χ3n) is 2.92. The lowest BCUT2D eigenvalue weighted by molar-refractivity contribution is -0.148. The molecule has 1 amide bonds. The third kappa shape index (κ3) is 6.45. The molecule has 22 heavy (non-hydrogen) atoms. The Morgan fingerprint density at radius 1 is 1.18 bits per heavy atom. The first-order valence-electron chi connectivity index (χ1n) is 6.86. The first-order chi connectivity index (χ1) is 10.6. The average Bonchev–Trinajstić information content (AvgIpc) is 2.52. The van der Waals surface area contributed by atoms with Gasteiger partial charge >= 0.3 is 5.97 Å². The van der Waals surface area contributed by atoms with Crippen LogP contribution in [0.2, 0.25) is 0 Å². The van der Waals surface area contributed by atoms with Gasteiger partial charge < -0.3 is 24.6 Å². The molecular weight excluding hydrogens is 290 g/mol. The summed E-state index contributed by atoms with van der Waals surface area (Å²) in [4.78, 5) is 22.2. The van der Waals surface area contributed by atoms with Crippen LogP contribution in [-0.2, 0) is 14.3 Å². The number of nitrogens with one attached hydrogen (secondary N) is 1. The van der Waals surface area contributed by atoms with Crippen molar-refractivity contribution in [3.8, 4) is 11.5 Å². The summed E-state index contributed by atoms with van der Waals surface area (Å²) in [6, 6.07) is 7.15. The monoisotopic (exact) mass is 311 g/mol. The molecule has 0 aliphatic rings. The van der Waals surface area contributed by atoms with Gasteiger partial charge in [0.1, 0.15) is 11.5 Å². The minimum atomic E-state index is -1.11. The van der Waals surface area contributed by atoms with E-state index in [9.17, 15) is 9.59 Å². The van der Waals surface area contributed by atoms with E-state index in [4.69, 9.17) is 19.3 Å². The molecule has 7 nitrogen and oxygen atoms in total. The Kier molecular flexibility index (Phi) is 7.77. The highest BCUT2D eigenvalue weighted by Gasteiger charge is 2.16. The van der Waals surface area contributed by atoms with Crippen molar-refractivity contribution >= 4 is 11.9 Å². The van der Waals surface area contributed by atoms with Gasteiger partial charge in [-0.2, -0.15) is 0 Å². The summed E-state index contributed by atoms with van der Waals surface area (Å²) in [5.41, 5.74) is 0. The normalized spacial score (nSPS) is 11.5. The van der Waals surface area contributed by atoms with Crippen LogP contribution in [0.5, 0.6) is 11.5 Å². The number of ether oxygens (including phenoxy) is 3. The van der Waals surface area contributed by atoms with E-state index >= 15 is 0 Å². The smallest absolute Gasteiger partial charge is 0.334 e. The van der Waals surface area contributed by atoms with Gasteiger partial charge in [-0.3, -0.25) is 4.79 Å². The summed E-state index contributed by atoms with van der Waals surface area (Å²) in [5, 5.41) is 11.3. The molecule has 1 aromatic carbocycles. The molecule has 0 radical (unpaired) electrons. The molecule has 1 unspecified atom stereocenters. The fourth-order valence-corrected chi connectivity index (χ4v) is 1.66. The Bertz CT molecular complexity index is 473. The number of carboxylic acid groups (broad SMARTS) is 1. The first-order valence-corrected chi connectivity index (χ1v) is 6.86. The van der Waals surface area contributed by atoms with Gasteiger partial charge in [-0.15, -0.1) is 0 Å². The molecule has 7 heteroatoms. The van der Waals surface area contributed by atoms with Gasteiger partial charge in [0.15, 0.2) is 6.10 Å². The second-order valence-electron chi connectivity index (χ2n) is 4.49. The molecule has 1 rings (SSSR count). The highest BCUT2D eigenvalue weighted by molar-refractivity contribution is 5.78. The van der Waals surface area contributed by atoms with Crippen LogP contribution in [0.4, 0.5) is 0 Å². The van der Waals surface area contributed by atoms with Crippen molar-refractivity contribution in [3.05, 3.63) is 24.3 Å². The quantitative estimate of drug-likeness (QED) is 0.628. The van der Waals surface area contributed by atoms with Crippen molar-refractivity contribution in [2.45, 2.75) is 18.9 Å². The number of hydrogen-bond donors (Lipinski definition) is 2. The van der Waals surface area contributed by atoms with E-state index in [-0.39, 0.29) is 18.9 Å². The van der Waals surface area contributed by atoms with Gasteiger partial charge in [-0.05, 0) is 30.7 Å². The van der Waals surface area contributed by atoms with Gasteiger partial charge in [-0.1, -0.05) is 0 Å². The lowest BCUT2D eigenvalue weighted by atomic mass is 10.3. The number of carbonyl (C=O) groups is 2. The predicted molar refractivity (Wildman–Crippen MR) is 79.2 cm³/mol. The number of rotatable bonds is 10. The zero-order valence-electron chi connectivity index (χ0n) is 12.7. The lowest BCUT2D eigenvalue weighted by Gasteiger charge is -2.11. The Morgan fingerprint density at radius 2 is 1.82 bits per heavy atom. The number of benzene rings is 1. The van der Waals surface area contributed by atoms with Crippen LogP contribution >= 0.6 is 0 Å². The number of carboxylic acids is 1. The highest BCUT2D eigenvalue weighted by atomic mass is 16.5. The average molecular weight is 311 g/mol. The molecule has 0 aliphatic heterocycles. The van der Waals surface area contributed by atoms with Gasteiger partial charge in [0.2, 0.25) is 5.91 Å². The SMILES string of the molecule is COc1ccc(OCCCC(=O)NCC(OC)C(=O)O)cc1. The topological polar surface area (TPSA) is 94.1 Å². The van der Waals surface area contributed by atoms with Crippen molar-refractivity contribution in [1.29, 1.82) is 0 Å². The summed E-state index contributed by atoms with van der Waals surface area (Å²) in [6.45, 7) is 0.344. The van der Waals surface area contributed by atoms with E-state index in [1.165, 1.54) is 7.11 Å². The van der Waals surface area contributed by atoms with Crippen LogP contribution < -0.4 is 14.8 Å². The van der Waals surface area contributed by atoms with Crippen molar-refractivity contribution in [3.63, 3.8) is 0 Å². The zero-order valence-corrected chi connectivity index (χ0v) is 12.7. The summed E-state index contributed by atoms with van der Waals surface area (Å²) in [6.07, 6.45) is -0.242. The molecule has 0 saturated carbocycles. The van der Waals surface area contributed by atoms with Gasteiger partial charge in [-0.25, -0.2) is 4.79 Å². The van der Waals surface area contributed by atoms with Crippen LogP contribution in [0.15, 0.2) is 24.3 Å². The van der Waals surface area contributed by atoms with Crippen molar-refractivity contribution in [2.24, 2.45) is 0 Å². The Labute approximate surface area is 129 Å². The van der Waals surface area contributed by atoms with Crippen LogP contribution in [0.25, 0.3) is 0 Å². The molecule has 2 N–H and O–H groups in total. The van der Waals surface area contributed by atoms with E-state index in [2.05, 4.69) is 5.32 Å². The van der Waals surface area contributed by atoms with E-state index in [1.54, 1.807) is 31.4 Å². The number of amides is 1. The molecule has 0 aliphatic carbocycles. The number of hydrogen-bond acceptors (Lipinski definition) is 5. The molecule has 1 aromatic rings. The first kappa shape index (κ1) is 17.8. The van der Waals surface area contributed by atoms with E-state index in [1.807, 2.05) is 0 Å². The second kappa shape index (κ2) is 9.62. The molecule has 0 aromatic heterocycles. The van der Waals surface area contributed by atoms with E-state index in [0.29, 0.717) is 18.8 Å². The number of aliphatic carboxylic acids is 1. The minimum Gasteiger partial charge on any atom is -0.497 e. The second-order valence-corrected chi connectivity index (χ2v) is 4.49. The Morgan fingerprint density at radius 3 is 2.36 bits per heavy atom. The van der Waals surface area contributed by atoms with Gasteiger partial charge in [0.25, 0.3) is 0 Å². The van der Waals surface area contributed by atoms with Gasteiger partial charge in [0.05, 0.1) is 20.3 Å². The van der Waals surface area contributed by atoms with Crippen LogP contribution in [-0.4, -0.2) is 50.5 Å². The Hall–Kier alpha value is -2.28. The Balaban J connectivity index is 2.17. The fourth-order valence-electron chi connectivity index (χ4n) is 1.66. The lowest BCUT2D eigenvalue weighted by Crippen LogP contribution is -2.37. The fraction of sp³-hybridized carbons (Fsp3) is 0.467. The van der Waals surface area contributed by atoms with Crippen LogP contribution in [0.3, 0.4) is 0 Å². The third-order valence-corrected chi connectivity index (χ3v) is 2.92. The molecule has 0 spiro atoms. The molecular formula is C15H21NO6. The zero-order chi connectivity index (χ0) is 16.4. The summed E-state index contributed by atoms with van der Waals surface area (Å²) in [5.74, 6) is 0.108. The maximum absolute atomic E-state index is 11.5. The maximum Gasteiger partial charge on any atom is 0.334 e. The maximum atomic E-state index is 11.5. The summed E-state index contributed by atoms with van der Waals surface area (Å²) < 4.78 is 15.2. The van der Waals surface area contributed by atoms with Crippen molar-refractivity contribution in [1.82, 2.24) is 5.32 Å². The highest BCUT2D eigenvalue weighted by Crippen LogP contribution is 2.17. The molecule has 122 valence electrons. The van der Waals surface area contributed by atoms with Gasteiger partial charge in [0, 0.05) is 13.5 Å². The summed E-state index contributed by atoms with van der Waals surface area (Å²) >= 11 is 0. The minimum absolute atomic E-state index is 0.0516. The van der Waals surface area contributed by atoms with E-state index in [0.717, 1.165) is 5.75 Å². The van der Waals surface area contributed by atoms with Crippen LogP contribution in [0, 0.1) is 0 Å². The largest absolute Gasteiger partial charge is 0.497 e. The van der Waals surface area contributed by atoms with E-state index < -0.39 is 12.1 Å². The predicted octanol–water partition coefficient (Wildman–Crippen LogP) is 1.07. The van der Waals surface area contributed by atoms with Crippen molar-refractivity contribution in [2.75, 3.05) is 27.4 Å². The van der Waals surface area contributed by atoms with Crippen LogP contribution in [0.1, 0.15) is 12.8 Å². The molecule has 0 saturated heterocycles. The number of carbonyl (C=O) groups excluding carboxylic acids is 1.